The van der Waals surface area contributed by atoms with Crippen LogP contribution in [-0.2, 0) is 0 Å². The van der Waals surface area contributed by atoms with Gasteiger partial charge in [0.15, 0.2) is 0 Å². The second kappa shape index (κ2) is 4.80. The summed E-state index contributed by atoms with van der Waals surface area (Å²) in [6.07, 6.45) is 1.17. The minimum atomic E-state index is -0.770. The Kier molecular flexibility index (Phi) is 3.20. The van der Waals surface area contributed by atoms with E-state index in [-0.39, 0.29) is 16.7 Å². The van der Waals surface area contributed by atoms with Gasteiger partial charge in [-0.25, -0.2) is 14.8 Å². The SMILES string of the molecule is O=C(Nc1cc(Cl)ncn1)c1cc(=O)[nH]c(=O)[nH]1. The standard InChI is InChI=1S/C9H6ClN5O3/c10-5-2-6(12-3-11-5)14-8(17)4-1-7(16)15-9(18)13-4/h1-3H,(H,11,12,14,17)(H2,13,15,16,18). The summed E-state index contributed by atoms with van der Waals surface area (Å²) in [7, 11) is 0. The molecular weight excluding hydrogens is 262 g/mol. The Hall–Kier alpha value is -2.48. The number of anilines is 1. The number of aromatic nitrogens is 4. The van der Waals surface area contributed by atoms with Gasteiger partial charge in [-0.2, -0.15) is 0 Å². The number of aromatic amines is 2. The second-order valence-electron chi connectivity index (χ2n) is 3.18. The van der Waals surface area contributed by atoms with E-state index in [1.165, 1.54) is 12.4 Å². The zero-order valence-corrected chi connectivity index (χ0v) is 9.49. The molecule has 2 rings (SSSR count). The largest absolute Gasteiger partial charge is 0.326 e. The Morgan fingerprint density at radius 1 is 1.22 bits per heavy atom. The third-order valence-corrected chi connectivity index (χ3v) is 2.09. The number of amides is 1. The highest BCUT2D eigenvalue weighted by Gasteiger charge is 2.09. The summed E-state index contributed by atoms with van der Waals surface area (Å²) in [6, 6.07) is 2.28. The number of H-pyrrole nitrogens is 2. The van der Waals surface area contributed by atoms with Crippen LogP contribution >= 0.6 is 11.6 Å². The van der Waals surface area contributed by atoms with Gasteiger partial charge in [0, 0.05) is 12.1 Å². The lowest BCUT2D eigenvalue weighted by Gasteiger charge is -2.03. The predicted molar refractivity (Wildman–Crippen MR) is 62.7 cm³/mol. The molecule has 0 radical (unpaired) electrons. The van der Waals surface area contributed by atoms with E-state index in [4.69, 9.17) is 11.6 Å². The molecule has 0 aliphatic heterocycles. The van der Waals surface area contributed by atoms with Gasteiger partial charge in [-0.1, -0.05) is 11.6 Å². The molecule has 9 heteroatoms. The van der Waals surface area contributed by atoms with E-state index in [9.17, 15) is 14.4 Å². The van der Waals surface area contributed by atoms with Gasteiger partial charge in [-0.3, -0.25) is 14.6 Å². The molecule has 0 unspecified atom stereocenters. The number of hydrogen-bond donors (Lipinski definition) is 3. The molecule has 0 aliphatic carbocycles. The van der Waals surface area contributed by atoms with Gasteiger partial charge in [0.25, 0.3) is 11.5 Å². The van der Waals surface area contributed by atoms with Crippen molar-refractivity contribution in [2.24, 2.45) is 0 Å². The van der Waals surface area contributed by atoms with Crippen molar-refractivity contribution in [3.8, 4) is 0 Å². The first-order valence-electron chi connectivity index (χ1n) is 4.67. The van der Waals surface area contributed by atoms with Crippen LogP contribution in [0.2, 0.25) is 5.15 Å². The average molecular weight is 268 g/mol. The molecule has 0 fully saturated rings. The van der Waals surface area contributed by atoms with Crippen LogP contribution in [-0.4, -0.2) is 25.8 Å². The lowest BCUT2D eigenvalue weighted by atomic mass is 10.4. The van der Waals surface area contributed by atoms with Crippen LogP contribution in [0.1, 0.15) is 10.5 Å². The zero-order valence-electron chi connectivity index (χ0n) is 8.73. The Labute approximate surface area is 104 Å². The van der Waals surface area contributed by atoms with Gasteiger partial charge in [0.2, 0.25) is 0 Å². The normalized spacial score (nSPS) is 10.1. The van der Waals surface area contributed by atoms with Gasteiger partial charge in [-0.15, -0.1) is 0 Å². The van der Waals surface area contributed by atoms with Crippen LogP contribution < -0.4 is 16.6 Å². The van der Waals surface area contributed by atoms with Gasteiger partial charge >= 0.3 is 5.69 Å². The molecule has 0 bridgehead atoms. The summed E-state index contributed by atoms with van der Waals surface area (Å²) in [5, 5.41) is 2.51. The molecule has 0 aromatic carbocycles. The zero-order chi connectivity index (χ0) is 13.1. The number of halogens is 1. The van der Waals surface area contributed by atoms with Crippen molar-refractivity contribution >= 4 is 23.3 Å². The van der Waals surface area contributed by atoms with Crippen molar-refractivity contribution < 1.29 is 4.79 Å². The molecule has 18 heavy (non-hydrogen) atoms. The highest BCUT2D eigenvalue weighted by molar-refractivity contribution is 6.29. The minimum absolute atomic E-state index is 0.153. The van der Waals surface area contributed by atoms with Crippen molar-refractivity contribution in [2.75, 3.05) is 5.32 Å². The maximum absolute atomic E-state index is 11.7. The van der Waals surface area contributed by atoms with Crippen molar-refractivity contribution in [1.29, 1.82) is 0 Å². The van der Waals surface area contributed by atoms with E-state index in [0.29, 0.717) is 0 Å². The molecule has 1 amide bonds. The first-order valence-corrected chi connectivity index (χ1v) is 5.05. The first-order chi connectivity index (χ1) is 8.54. The molecule has 0 saturated carbocycles. The van der Waals surface area contributed by atoms with E-state index in [1.54, 1.807) is 0 Å². The summed E-state index contributed by atoms with van der Waals surface area (Å²) < 4.78 is 0. The van der Waals surface area contributed by atoms with E-state index in [2.05, 4.69) is 20.3 Å². The van der Waals surface area contributed by atoms with Crippen LogP contribution in [0.15, 0.2) is 28.0 Å². The van der Waals surface area contributed by atoms with E-state index in [0.717, 1.165) is 6.07 Å². The quantitative estimate of drug-likeness (QED) is 0.649. The lowest BCUT2D eigenvalue weighted by molar-refractivity contribution is 0.102. The number of carbonyl (C=O) groups excluding carboxylic acids is 1. The van der Waals surface area contributed by atoms with Crippen molar-refractivity contribution in [3.63, 3.8) is 0 Å². The fourth-order valence-corrected chi connectivity index (χ4v) is 1.32. The van der Waals surface area contributed by atoms with Crippen LogP contribution in [0.3, 0.4) is 0 Å². The van der Waals surface area contributed by atoms with Crippen molar-refractivity contribution in [1.82, 2.24) is 19.9 Å². The minimum Gasteiger partial charge on any atom is -0.305 e. The molecular formula is C9H6ClN5O3. The summed E-state index contributed by atoms with van der Waals surface area (Å²) in [6.45, 7) is 0. The van der Waals surface area contributed by atoms with Gasteiger partial charge in [0.1, 0.15) is 23.0 Å². The van der Waals surface area contributed by atoms with Crippen molar-refractivity contribution in [2.45, 2.75) is 0 Å². The fraction of sp³-hybridized carbons (Fsp3) is 0. The summed E-state index contributed by atoms with van der Waals surface area (Å²) >= 11 is 5.61. The topological polar surface area (TPSA) is 121 Å². The fourth-order valence-electron chi connectivity index (χ4n) is 1.18. The number of hydrogen-bond acceptors (Lipinski definition) is 5. The number of rotatable bonds is 2. The molecule has 2 aromatic rings. The summed E-state index contributed by atoms with van der Waals surface area (Å²) in [5.74, 6) is -0.533. The number of nitrogens with one attached hydrogen (secondary N) is 3. The Morgan fingerprint density at radius 3 is 2.67 bits per heavy atom. The monoisotopic (exact) mass is 267 g/mol. The van der Waals surface area contributed by atoms with Crippen molar-refractivity contribution in [3.05, 3.63) is 50.1 Å². The average Bonchev–Trinajstić information content (AvgIpc) is 2.27. The Morgan fingerprint density at radius 2 is 2.00 bits per heavy atom. The summed E-state index contributed by atoms with van der Waals surface area (Å²) in [4.78, 5) is 45.2. The molecule has 8 nitrogen and oxygen atoms in total. The van der Waals surface area contributed by atoms with E-state index >= 15 is 0 Å². The van der Waals surface area contributed by atoms with Crippen LogP contribution in [0.5, 0.6) is 0 Å². The number of nitrogens with zero attached hydrogens (tertiary/aromatic N) is 2. The highest BCUT2D eigenvalue weighted by atomic mass is 35.5. The third kappa shape index (κ3) is 2.80. The number of carbonyl (C=O) groups is 1. The highest BCUT2D eigenvalue weighted by Crippen LogP contribution is 2.08. The van der Waals surface area contributed by atoms with Crippen LogP contribution in [0.25, 0.3) is 0 Å². The lowest BCUT2D eigenvalue weighted by Crippen LogP contribution is -2.27. The summed E-state index contributed by atoms with van der Waals surface area (Å²) in [5.41, 5.74) is -1.63. The van der Waals surface area contributed by atoms with Crippen LogP contribution in [0, 0.1) is 0 Å². The van der Waals surface area contributed by atoms with Gasteiger partial charge < -0.3 is 10.3 Å². The maximum Gasteiger partial charge on any atom is 0.326 e. The predicted octanol–water partition coefficient (Wildman–Crippen LogP) is -0.241. The molecule has 92 valence electrons. The van der Waals surface area contributed by atoms with Crippen LogP contribution in [0.4, 0.5) is 5.82 Å². The first kappa shape index (κ1) is 12.0. The molecule has 0 saturated heterocycles. The molecule has 2 aromatic heterocycles. The molecule has 3 N–H and O–H groups in total. The second-order valence-corrected chi connectivity index (χ2v) is 3.57. The molecule has 0 aliphatic rings. The molecule has 0 atom stereocenters. The van der Waals surface area contributed by atoms with Gasteiger partial charge in [-0.05, 0) is 0 Å². The van der Waals surface area contributed by atoms with E-state index in [1.807, 2.05) is 4.98 Å². The van der Waals surface area contributed by atoms with E-state index < -0.39 is 17.2 Å². The molecule has 0 spiro atoms. The Balaban J connectivity index is 2.27. The maximum atomic E-state index is 11.7. The third-order valence-electron chi connectivity index (χ3n) is 1.88. The smallest absolute Gasteiger partial charge is 0.305 e. The van der Waals surface area contributed by atoms with Gasteiger partial charge in [0.05, 0.1) is 0 Å². The Bertz CT molecular complexity index is 679. The molecule has 2 heterocycles.